The number of benzene rings is 1. The van der Waals surface area contributed by atoms with Gasteiger partial charge in [0.1, 0.15) is 5.75 Å². The van der Waals surface area contributed by atoms with E-state index in [4.69, 9.17) is 5.11 Å². The Labute approximate surface area is 74.2 Å². The number of nitrogens with zero attached hydrogens (tertiary/aromatic N) is 1. The zero-order chi connectivity index (χ0) is 9.42. The lowest BCUT2D eigenvalue weighted by Crippen LogP contribution is -1.96. The van der Waals surface area contributed by atoms with Crippen molar-refractivity contribution in [2.45, 2.75) is 6.42 Å². The van der Waals surface area contributed by atoms with Crippen LogP contribution in [0.4, 0.5) is 5.69 Å². The molecule has 1 aromatic carbocycles. The Morgan fingerprint density at radius 1 is 1.46 bits per heavy atom. The van der Waals surface area contributed by atoms with Gasteiger partial charge >= 0.3 is 5.97 Å². The number of carboxylic acids is 1. The number of carboxylic acid groups (broad SMARTS) is 1. The zero-order valence-electron chi connectivity index (χ0n) is 6.69. The van der Waals surface area contributed by atoms with Crippen LogP contribution in [0.1, 0.15) is 15.9 Å². The maximum Gasteiger partial charge on any atom is 0.335 e. The molecule has 0 saturated heterocycles. The van der Waals surface area contributed by atoms with Gasteiger partial charge in [0.15, 0.2) is 0 Å². The third kappa shape index (κ3) is 1.16. The number of aliphatic imine (C=N–C) groups is 1. The van der Waals surface area contributed by atoms with Crippen molar-refractivity contribution in [2.24, 2.45) is 4.99 Å². The van der Waals surface area contributed by atoms with Crippen LogP contribution in [-0.2, 0) is 6.42 Å². The van der Waals surface area contributed by atoms with Crippen molar-refractivity contribution in [1.29, 1.82) is 0 Å². The SMILES string of the molecule is O=C(O)c1cc(O)c2c(c1)N=CC2. The van der Waals surface area contributed by atoms with E-state index in [2.05, 4.69) is 4.99 Å². The number of fused-ring (bicyclic) bond motifs is 1. The topological polar surface area (TPSA) is 69.9 Å². The summed E-state index contributed by atoms with van der Waals surface area (Å²) in [6, 6.07) is 2.71. The van der Waals surface area contributed by atoms with Gasteiger partial charge in [-0.25, -0.2) is 4.79 Å². The van der Waals surface area contributed by atoms with Gasteiger partial charge in [-0.3, -0.25) is 4.99 Å². The smallest absolute Gasteiger partial charge is 0.335 e. The van der Waals surface area contributed by atoms with E-state index in [1.807, 2.05) is 0 Å². The summed E-state index contributed by atoms with van der Waals surface area (Å²) in [5, 5.41) is 18.1. The Morgan fingerprint density at radius 3 is 2.92 bits per heavy atom. The minimum Gasteiger partial charge on any atom is -0.508 e. The first-order chi connectivity index (χ1) is 6.18. The number of hydrogen-bond donors (Lipinski definition) is 2. The molecule has 0 aliphatic carbocycles. The Bertz CT molecular complexity index is 410. The molecule has 1 aromatic rings. The first kappa shape index (κ1) is 7.79. The van der Waals surface area contributed by atoms with Gasteiger partial charge in [-0.2, -0.15) is 0 Å². The summed E-state index contributed by atoms with van der Waals surface area (Å²) in [7, 11) is 0. The van der Waals surface area contributed by atoms with Gasteiger partial charge in [0.05, 0.1) is 11.3 Å². The normalized spacial score (nSPS) is 12.9. The maximum absolute atomic E-state index is 10.6. The largest absolute Gasteiger partial charge is 0.508 e. The van der Waals surface area contributed by atoms with Gasteiger partial charge in [0.25, 0.3) is 0 Å². The molecule has 1 heterocycles. The summed E-state index contributed by atoms with van der Waals surface area (Å²) < 4.78 is 0. The van der Waals surface area contributed by atoms with Gasteiger partial charge in [-0.1, -0.05) is 0 Å². The van der Waals surface area contributed by atoms with E-state index in [0.717, 1.165) is 0 Å². The van der Waals surface area contributed by atoms with E-state index in [9.17, 15) is 9.90 Å². The summed E-state index contributed by atoms with van der Waals surface area (Å²) in [4.78, 5) is 14.5. The molecule has 0 bridgehead atoms. The molecule has 0 radical (unpaired) electrons. The highest BCUT2D eigenvalue weighted by atomic mass is 16.4. The number of rotatable bonds is 1. The van der Waals surface area contributed by atoms with E-state index in [1.165, 1.54) is 12.1 Å². The first-order valence-electron chi connectivity index (χ1n) is 3.80. The number of phenolic OH excluding ortho intramolecular Hbond substituents is 1. The second kappa shape index (κ2) is 2.58. The first-order valence-corrected chi connectivity index (χ1v) is 3.80. The molecule has 1 aliphatic heterocycles. The van der Waals surface area contributed by atoms with E-state index < -0.39 is 5.97 Å². The monoisotopic (exact) mass is 177 g/mol. The van der Waals surface area contributed by atoms with Crippen molar-refractivity contribution in [1.82, 2.24) is 0 Å². The van der Waals surface area contributed by atoms with E-state index in [-0.39, 0.29) is 11.3 Å². The van der Waals surface area contributed by atoms with Crippen LogP contribution in [0.5, 0.6) is 5.75 Å². The molecule has 0 atom stereocenters. The third-order valence-electron chi connectivity index (χ3n) is 1.98. The molecule has 2 N–H and O–H groups in total. The summed E-state index contributed by atoms with van der Waals surface area (Å²) in [5.41, 5.74) is 1.32. The summed E-state index contributed by atoms with van der Waals surface area (Å²) in [6.07, 6.45) is 2.22. The Hall–Kier alpha value is -1.84. The van der Waals surface area contributed by atoms with Crippen molar-refractivity contribution in [3.05, 3.63) is 23.3 Å². The molecule has 0 saturated carbocycles. The van der Waals surface area contributed by atoms with Gasteiger partial charge in [-0.05, 0) is 12.1 Å². The van der Waals surface area contributed by atoms with Crippen molar-refractivity contribution in [3.8, 4) is 5.75 Å². The van der Waals surface area contributed by atoms with Crippen LogP contribution >= 0.6 is 0 Å². The number of aromatic hydroxyl groups is 1. The molecule has 2 rings (SSSR count). The molecular formula is C9H7NO3. The minimum absolute atomic E-state index is 0.00685. The summed E-state index contributed by atoms with van der Waals surface area (Å²) in [6.45, 7) is 0. The Morgan fingerprint density at radius 2 is 2.23 bits per heavy atom. The van der Waals surface area contributed by atoms with Gasteiger partial charge < -0.3 is 10.2 Å². The molecule has 4 heteroatoms. The fraction of sp³-hybridized carbons (Fsp3) is 0.111. The number of carbonyl (C=O) groups is 1. The molecule has 1 aliphatic rings. The maximum atomic E-state index is 10.6. The number of hydrogen-bond acceptors (Lipinski definition) is 3. The fourth-order valence-corrected chi connectivity index (χ4v) is 1.32. The quantitative estimate of drug-likeness (QED) is 0.680. The fourth-order valence-electron chi connectivity index (χ4n) is 1.32. The number of aromatic carboxylic acids is 1. The van der Waals surface area contributed by atoms with Gasteiger partial charge in [-0.15, -0.1) is 0 Å². The van der Waals surface area contributed by atoms with Crippen molar-refractivity contribution in [3.63, 3.8) is 0 Å². The average molecular weight is 177 g/mol. The van der Waals surface area contributed by atoms with Crippen LogP contribution in [-0.4, -0.2) is 22.4 Å². The standard InChI is InChI=1S/C9H7NO3/c11-8-4-5(9(12)13)3-7-6(8)1-2-10-7/h2-4,11H,1H2,(H,12,13). The van der Waals surface area contributed by atoms with Crippen molar-refractivity contribution in [2.75, 3.05) is 0 Å². The van der Waals surface area contributed by atoms with E-state index in [1.54, 1.807) is 6.21 Å². The van der Waals surface area contributed by atoms with Gasteiger partial charge in [0, 0.05) is 18.2 Å². The molecule has 0 amide bonds. The van der Waals surface area contributed by atoms with E-state index in [0.29, 0.717) is 17.7 Å². The second-order valence-corrected chi connectivity index (χ2v) is 2.81. The molecule has 4 nitrogen and oxygen atoms in total. The lowest BCUT2D eigenvalue weighted by atomic mass is 10.1. The molecule has 0 spiro atoms. The molecule has 0 unspecified atom stereocenters. The molecule has 0 aromatic heterocycles. The third-order valence-corrected chi connectivity index (χ3v) is 1.98. The molecular weight excluding hydrogens is 170 g/mol. The average Bonchev–Trinajstić information content (AvgIpc) is 2.51. The van der Waals surface area contributed by atoms with Crippen LogP contribution < -0.4 is 0 Å². The predicted octanol–water partition coefficient (Wildman–Crippen LogP) is 1.35. The van der Waals surface area contributed by atoms with Crippen LogP contribution in [0.15, 0.2) is 17.1 Å². The molecule has 0 fully saturated rings. The summed E-state index contributed by atoms with van der Waals surface area (Å²) in [5.74, 6) is -1.05. The lowest BCUT2D eigenvalue weighted by Gasteiger charge is -2.02. The van der Waals surface area contributed by atoms with Crippen LogP contribution in [0, 0.1) is 0 Å². The Kier molecular flexibility index (Phi) is 1.55. The van der Waals surface area contributed by atoms with Crippen LogP contribution in [0.2, 0.25) is 0 Å². The highest BCUT2D eigenvalue weighted by Crippen LogP contribution is 2.33. The number of phenols is 1. The Balaban J connectivity index is 2.60. The van der Waals surface area contributed by atoms with Crippen LogP contribution in [0.3, 0.4) is 0 Å². The summed E-state index contributed by atoms with van der Waals surface area (Å²) >= 11 is 0. The molecule has 66 valence electrons. The highest BCUT2D eigenvalue weighted by molar-refractivity contribution is 5.91. The van der Waals surface area contributed by atoms with Crippen LogP contribution in [0.25, 0.3) is 0 Å². The van der Waals surface area contributed by atoms with E-state index >= 15 is 0 Å². The zero-order valence-corrected chi connectivity index (χ0v) is 6.69. The van der Waals surface area contributed by atoms with Crippen molar-refractivity contribution >= 4 is 17.9 Å². The lowest BCUT2D eigenvalue weighted by molar-refractivity contribution is 0.0696. The minimum atomic E-state index is -1.06. The highest BCUT2D eigenvalue weighted by Gasteiger charge is 2.15. The van der Waals surface area contributed by atoms with Crippen molar-refractivity contribution < 1.29 is 15.0 Å². The van der Waals surface area contributed by atoms with Gasteiger partial charge in [0.2, 0.25) is 0 Å². The molecule has 13 heavy (non-hydrogen) atoms. The second-order valence-electron chi connectivity index (χ2n) is 2.81. The predicted molar refractivity (Wildman–Crippen MR) is 46.9 cm³/mol.